The Labute approximate surface area is 114 Å². The van der Waals surface area contributed by atoms with Gasteiger partial charge in [-0.3, -0.25) is 4.18 Å². The Morgan fingerprint density at radius 1 is 1.28 bits per heavy atom. The maximum Gasteiger partial charge on any atom is 0.296 e. The van der Waals surface area contributed by atoms with E-state index in [1.165, 1.54) is 23.5 Å². The van der Waals surface area contributed by atoms with Crippen LogP contribution in [-0.2, 0) is 20.7 Å². The van der Waals surface area contributed by atoms with Crippen molar-refractivity contribution in [2.75, 3.05) is 6.56 Å². The lowest BCUT2D eigenvalue weighted by molar-refractivity contribution is 0.323. The summed E-state index contributed by atoms with van der Waals surface area (Å²) in [5.41, 5.74) is 0.922. The molecule has 0 aliphatic rings. The largest absolute Gasteiger partial charge is 0.296 e. The fraction of sp³-hybridized carbons (Fsp3) is 0.231. The number of thiophene rings is 1. The molecular formula is C13H14O3S2. The Bertz CT molecular complexity index is 662. The first-order valence-electron chi connectivity index (χ1n) is 6.33. The molecule has 0 radical (unpaired) electrons. The van der Waals surface area contributed by atoms with E-state index in [1.807, 2.05) is 6.92 Å². The standard InChI is InChI=1S/C13H14O3S2/c1-11-4-6-13(7-5-11)18(14,15)16-9-8-12-3-2-10-17-12/h2-7,10H,8-9H2,1H3/i9D2. The highest BCUT2D eigenvalue weighted by Crippen LogP contribution is 2.15. The van der Waals surface area contributed by atoms with E-state index in [4.69, 9.17) is 6.92 Å². The van der Waals surface area contributed by atoms with Crippen LogP contribution >= 0.6 is 11.3 Å². The average molecular weight is 284 g/mol. The molecular weight excluding hydrogens is 268 g/mol. The van der Waals surface area contributed by atoms with E-state index < -0.39 is 16.7 Å². The molecule has 0 saturated heterocycles. The number of aryl methyl sites for hydroxylation is 2. The normalized spacial score (nSPS) is 14.1. The third kappa shape index (κ3) is 3.41. The molecule has 0 atom stereocenters. The van der Waals surface area contributed by atoms with Crippen LogP contribution in [0.2, 0.25) is 0 Å². The minimum atomic E-state index is -4.11. The Morgan fingerprint density at radius 3 is 2.61 bits per heavy atom. The molecule has 0 aliphatic carbocycles. The zero-order chi connectivity index (χ0) is 14.8. The maximum atomic E-state index is 12.0. The highest BCUT2D eigenvalue weighted by Gasteiger charge is 2.14. The molecule has 0 spiro atoms. The Balaban J connectivity index is 2.16. The first kappa shape index (κ1) is 10.7. The first-order valence-corrected chi connectivity index (χ1v) is 7.62. The van der Waals surface area contributed by atoms with Crippen LogP contribution in [0.4, 0.5) is 0 Å². The second-order valence-corrected chi connectivity index (χ2v) is 6.33. The summed E-state index contributed by atoms with van der Waals surface area (Å²) < 4.78 is 44.2. The first-order chi connectivity index (χ1) is 9.28. The summed E-state index contributed by atoms with van der Waals surface area (Å²) >= 11 is 1.36. The molecule has 0 bridgehead atoms. The number of benzene rings is 1. The zero-order valence-corrected chi connectivity index (χ0v) is 11.4. The lowest BCUT2D eigenvalue weighted by atomic mass is 10.2. The number of hydrogen-bond donors (Lipinski definition) is 0. The summed E-state index contributed by atoms with van der Waals surface area (Å²) in [6.07, 6.45) is -0.101. The smallest absolute Gasteiger partial charge is 0.266 e. The molecule has 0 fully saturated rings. The maximum absolute atomic E-state index is 12.0. The van der Waals surface area contributed by atoms with Gasteiger partial charge in [0.1, 0.15) is 0 Å². The van der Waals surface area contributed by atoms with Crippen LogP contribution in [0.5, 0.6) is 0 Å². The SMILES string of the molecule is [2H]C([2H])(Cc1cccs1)OS(=O)(=O)c1ccc(C)cc1. The molecule has 2 aromatic rings. The summed E-state index contributed by atoms with van der Waals surface area (Å²) in [5.74, 6) is 0. The van der Waals surface area contributed by atoms with Gasteiger partial charge in [-0.05, 0) is 30.5 Å². The number of hydrogen-bond acceptors (Lipinski definition) is 4. The molecule has 0 aliphatic heterocycles. The lowest BCUT2D eigenvalue weighted by Crippen LogP contribution is -2.08. The molecule has 1 heterocycles. The van der Waals surface area contributed by atoms with Gasteiger partial charge < -0.3 is 0 Å². The van der Waals surface area contributed by atoms with Crippen LogP contribution in [0, 0.1) is 6.92 Å². The van der Waals surface area contributed by atoms with Gasteiger partial charge in [0.15, 0.2) is 0 Å². The van der Waals surface area contributed by atoms with E-state index in [0.29, 0.717) is 0 Å². The van der Waals surface area contributed by atoms with E-state index in [9.17, 15) is 8.42 Å². The molecule has 1 aromatic heterocycles. The summed E-state index contributed by atoms with van der Waals surface area (Å²) in [5, 5.41) is 1.81. The van der Waals surface area contributed by atoms with Gasteiger partial charge in [0.05, 0.1) is 14.2 Å². The Kier molecular flexibility index (Phi) is 3.36. The highest BCUT2D eigenvalue weighted by molar-refractivity contribution is 7.86. The summed E-state index contributed by atoms with van der Waals surface area (Å²) in [6.45, 7) is -0.429. The van der Waals surface area contributed by atoms with Crippen molar-refractivity contribution < 1.29 is 15.3 Å². The van der Waals surface area contributed by atoms with E-state index in [-0.39, 0.29) is 11.3 Å². The zero-order valence-electron chi connectivity index (χ0n) is 11.8. The van der Waals surface area contributed by atoms with Crippen molar-refractivity contribution in [3.8, 4) is 0 Å². The van der Waals surface area contributed by atoms with Crippen molar-refractivity contribution in [2.45, 2.75) is 18.2 Å². The van der Waals surface area contributed by atoms with Crippen LogP contribution in [0.25, 0.3) is 0 Å². The van der Waals surface area contributed by atoms with Gasteiger partial charge in [0, 0.05) is 11.3 Å². The third-order valence-corrected chi connectivity index (χ3v) is 4.37. The van der Waals surface area contributed by atoms with Gasteiger partial charge in [0.25, 0.3) is 10.1 Å². The predicted octanol–water partition coefficient (Wildman–Crippen LogP) is 3.00. The van der Waals surface area contributed by atoms with Gasteiger partial charge in [0.2, 0.25) is 0 Å². The van der Waals surface area contributed by atoms with Crippen molar-refractivity contribution in [3.63, 3.8) is 0 Å². The summed E-state index contributed by atoms with van der Waals surface area (Å²) in [4.78, 5) is 0.687. The van der Waals surface area contributed by atoms with E-state index in [1.54, 1.807) is 29.6 Å². The second kappa shape index (κ2) is 5.65. The monoisotopic (exact) mass is 284 g/mol. The van der Waals surface area contributed by atoms with Crippen LogP contribution in [0.15, 0.2) is 46.7 Å². The van der Waals surface area contributed by atoms with Crippen molar-refractivity contribution in [1.29, 1.82) is 0 Å². The van der Waals surface area contributed by atoms with Crippen molar-refractivity contribution in [3.05, 3.63) is 52.2 Å². The quantitative estimate of drug-likeness (QED) is 0.793. The van der Waals surface area contributed by atoms with Crippen LogP contribution in [-0.4, -0.2) is 15.0 Å². The fourth-order valence-corrected chi connectivity index (χ4v) is 2.76. The second-order valence-electron chi connectivity index (χ2n) is 3.75. The van der Waals surface area contributed by atoms with Gasteiger partial charge in [-0.2, -0.15) is 8.42 Å². The predicted molar refractivity (Wildman–Crippen MR) is 72.3 cm³/mol. The van der Waals surface area contributed by atoms with Crippen molar-refractivity contribution in [2.24, 2.45) is 0 Å². The van der Waals surface area contributed by atoms with Crippen molar-refractivity contribution in [1.82, 2.24) is 0 Å². The van der Waals surface area contributed by atoms with Crippen molar-refractivity contribution >= 4 is 21.5 Å². The van der Waals surface area contributed by atoms with Gasteiger partial charge in [-0.1, -0.05) is 23.8 Å². The Hall–Kier alpha value is -1.17. The number of rotatable bonds is 5. The topological polar surface area (TPSA) is 43.4 Å². The van der Waals surface area contributed by atoms with Gasteiger partial charge in [-0.15, -0.1) is 11.3 Å². The molecule has 0 N–H and O–H groups in total. The molecule has 0 unspecified atom stereocenters. The molecule has 2 rings (SSSR count). The molecule has 0 saturated carbocycles. The highest BCUT2D eigenvalue weighted by atomic mass is 32.2. The van der Waals surface area contributed by atoms with E-state index in [0.717, 1.165) is 10.4 Å². The van der Waals surface area contributed by atoms with E-state index in [2.05, 4.69) is 0 Å². The summed E-state index contributed by atoms with van der Waals surface area (Å²) in [6, 6.07) is 9.63. The molecule has 1 aromatic carbocycles. The van der Waals surface area contributed by atoms with E-state index >= 15 is 0 Å². The molecule has 5 heteroatoms. The Morgan fingerprint density at radius 2 is 2.00 bits per heavy atom. The van der Waals surface area contributed by atoms with Gasteiger partial charge in [-0.25, -0.2) is 0 Å². The molecule has 3 nitrogen and oxygen atoms in total. The van der Waals surface area contributed by atoms with Crippen LogP contribution in [0.3, 0.4) is 0 Å². The van der Waals surface area contributed by atoms with Crippen LogP contribution in [0.1, 0.15) is 13.2 Å². The average Bonchev–Trinajstić information content (AvgIpc) is 2.79. The summed E-state index contributed by atoms with van der Waals surface area (Å²) in [7, 11) is -4.11. The lowest BCUT2D eigenvalue weighted by Gasteiger charge is -2.05. The molecule has 18 heavy (non-hydrogen) atoms. The minimum Gasteiger partial charge on any atom is -0.266 e. The molecule has 0 amide bonds. The third-order valence-electron chi connectivity index (χ3n) is 2.30. The van der Waals surface area contributed by atoms with Gasteiger partial charge >= 0.3 is 0 Å². The minimum absolute atomic E-state index is 0.0434. The molecule has 96 valence electrons. The fourth-order valence-electron chi connectivity index (χ4n) is 1.34. The van der Waals surface area contributed by atoms with Crippen LogP contribution < -0.4 is 0 Å².